The van der Waals surface area contributed by atoms with Gasteiger partial charge in [0, 0.05) is 5.69 Å². The van der Waals surface area contributed by atoms with Crippen molar-refractivity contribution in [2.75, 3.05) is 18.1 Å². The molecule has 0 radical (unpaired) electrons. The van der Waals surface area contributed by atoms with E-state index in [1.54, 1.807) is 42.2 Å². The maximum absolute atomic E-state index is 13.2. The van der Waals surface area contributed by atoms with Crippen LogP contribution < -0.4 is 9.64 Å². The molecule has 2 atom stereocenters. The molecule has 152 valence electrons. The summed E-state index contributed by atoms with van der Waals surface area (Å²) in [5.41, 5.74) is -0.337. The first kappa shape index (κ1) is 20.5. The molecule has 6 nitrogen and oxygen atoms in total. The number of nitrogens with zero attached hydrogens (tertiary/aromatic N) is 3. The molecule has 2 aromatic carbocycles. The maximum atomic E-state index is 13.2. The van der Waals surface area contributed by atoms with E-state index in [1.807, 2.05) is 0 Å². The summed E-state index contributed by atoms with van der Waals surface area (Å²) >= 11 is 0. The molecule has 29 heavy (non-hydrogen) atoms. The monoisotopic (exact) mass is 405 g/mol. The van der Waals surface area contributed by atoms with Gasteiger partial charge in [-0.3, -0.25) is 0 Å². The van der Waals surface area contributed by atoms with Crippen LogP contribution in [0.4, 0.5) is 18.9 Å². The number of anilines is 1. The number of halogens is 3. The van der Waals surface area contributed by atoms with Crippen LogP contribution >= 0.6 is 0 Å². The molecule has 1 aliphatic heterocycles. The van der Waals surface area contributed by atoms with Gasteiger partial charge in [0.15, 0.2) is 0 Å². The highest BCUT2D eigenvalue weighted by Crippen LogP contribution is 2.36. The van der Waals surface area contributed by atoms with Gasteiger partial charge in [-0.05, 0) is 55.0 Å². The summed E-state index contributed by atoms with van der Waals surface area (Å²) in [6.07, 6.45) is -4.11. The number of nitriles is 1. The Balaban J connectivity index is 1.67. The lowest BCUT2D eigenvalue weighted by Crippen LogP contribution is -2.28. The molecular formula is C20H18F3N3O3. The zero-order valence-corrected chi connectivity index (χ0v) is 15.4. The van der Waals surface area contributed by atoms with Crippen molar-refractivity contribution in [2.45, 2.75) is 25.4 Å². The van der Waals surface area contributed by atoms with Crippen molar-refractivity contribution in [3.8, 4) is 11.8 Å². The fourth-order valence-electron chi connectivity index (χ4n) is 3.12. The van der Waals surface area contributed by atoms with Crippen LogP contribution in [-0.4, -0.2) is 36.9 Å². The van der Waals surface area contributed by atoms with E-state index in [9.17, 15) is 13.2 Å². The minimum absolute atomic E-state index is 0.219. The Bertz CT molecular complexity index is 923. The van der Waals surface area contributed by atoms with Gasteiger partial charge in [0.1, 0.15) is 24.7 Å². The Labute approximate surface area is 165 Å². The van der Waals surface area contributed by atoms with Gasteiger partial charge in [-0.2, -0.15) is 18.4 Å². The lowest BCUT2D eigenvalue weighted by atomic mass is 10.1. The Morgan fingerprint density at radius 3 is 2.66 bits per heavy atom. The van der Waals surface area contributed by atoms with Gasteiger partial charge in [0.25, 0.3) is 0 Å². The van der Waals surface area contributed by atoms with E-state index in [-0.39, 0.29) is 12.7 Å². The highest BCUT2D eigenvalue weighted by Gasteiger charge is 2.36. The lowest BCUT2D eigenvalue weighted by Gasteiger charge is -2.23. The maximum Gasteiger partial charge on any atom is 0.417 e. The summed E-state index contributed by atoms with van der Waals surface area (Å²) in [6, 6.07) is 12.1. The Kier molecular flexibility index (Phi) is 5.94. The average Bonchev–Trinajstić information content (AvgIpc) is 3.07. The molecule has 0 aromatic heterocycles. The SMILES string of the molecule is C[C@H]1O[C@H](COc2ccc(/C=N/O)cc2)CN1c1ccc(C#N)c(C(F)(F)F)c1. The second kappa shape index (κ2) is 8.41. The van der Waals surface area contributed by atoms with Crippen molar-refractivity contribution in [1.29, 1.82) is 5.26 Å². The van der Waals surface area contributed by atoms with Crippen LogP contribution in [-0.2, 0) is 10.9 Å². The topological polar surface area (TPSA) is 78.1 Å². The Hall–Kier alpha value is -3.25. The van der Waals surface area contributed by atoms with Crippen molar-refractivity contribution in [2.24, 2.45) is 5.16 Å². The molecule has 0 saturated carbocycles. The second-order valence-corrected chi connectivity index (χ2v) is 6.47. The molecule has 2 aromatic rings. The summed E-state index contributed by atoms with van der Waals surface area (Å²) in [5.74, 6) is 0.590. The molecule has 0 aliphatic carbocycles. The third-order valence-corrected chi connectivity index (χ3v) is 4.51. The molecule has 1 saturated heterocycles. The van der Waals surface area contributed by atoms with E-state index in [1.165, 1.54) is 18.3 Å². The molecule has 0 bridgehead atoms. The Morgan fingerprint density at radius 1 is 1.31 bits per heavy atom. The average molecular weight is 405 g/mol. The first-order chi connectivity index (χ1) is 13.8. The molecule has 0 unspecified atom stereocenters. The van der Waals surface area contributed by atoms with E-state index >= 15 is 0 Å². The molecule has 0 spiro atoms. The van der Waals surface area contributed by atoms with Gasteiger partial charge in [0.05, 0.1) is 30.0 Å². The van der Waals surface area contributed by atoms with Crippen LogP contribution in [0.5, 0.6) is 5.75 Å². The first-order valence-electron chi connectivity index (χ1n) is 8.75. The summed E-state index contributed by atoms with van der Waals surface area (Å²) in [7, 11) is 0. The van der Waals surface area contributed by atoms with Crippen LogP contribution in [0.1, 0.15) is 23.6 Å². The zero-order chi connectivity index (χ0) is 21.0. The molecule has 1 heterocycles. The summed E-state index contributed by atoms with van der Waals surface area (Å²) in [6.45, 7) is 2.31. The van der Waals surface area contributed by atoms with Gasteiger partial charge in [-0.25, -0.2) is 0 Å². The normalized spacial score (nSPS) is 19.5. The van der Waals surface area contributed by atoms with Crippen molar-refractivity contribution in [3.05, 3.63) is 59.2 Å². The van der Waals surface area contributed by atoms with Gasteiger partial charge < -0.3 is 19.6 Å². The standard InChI is InChI=1S/C20H18F3N3O3/c1-13-26(16-5-4-15(9-24)19(8-16)20(21,22)23)11-18(29-13)12-28-17-6-2-14(3-7-17)10-25-27/h2-8,10,13,18,27H,11-12H2,1H3/b25-10+/t13-,18+/m1/s1. The fraction of sp³-hybridized carbons (Fsp3) is 0.300. The highest BCUT2D eigenvalue weighted by molar-refractivity contribution is 5.79. The third-order valence-electron chi connectivity index (χ3n) is 4.51. The van der Waals surface area contributed by atoms with E-state index < -0.39 is 23.5 Å². The number of rotatable bonds is 5. The van der Waals surface area contributed by atoms with Crippen molar-refractivity contribution >= 4 is 11.9 Å². The van der Waals surface area contributed by atoms with E-state index in [2.05, 4.69) is 5.16 Å². The number of hydrogen-bond acceptors (Lipinski definition) is 6. The predicted molar refractivity (Wildman–Crippen MR) is 99.2 cm³/mol. The molecule has 0 amide bonds. The first-order valence-corrected chi connectivity index (χ1v) is 8.75. The smallest absolute Gasteiger partial charge is 0.417 e. The largest absolute Gasteiger partial charge is 0.491 e. The number of oxime groups is 1. The molecular weight excluding hydrogens is 387 g/mol. The number of alkyl halides is 3. The molecule has 1 aliphatic rings. The zero-order valence-electron chi connectivity index (χ0n) is 15.4. The predicted octanol–water partition coefficient (Wildman–Crippen LogP) is 4.02. The molecule has 1 N–H and O–H groups in total. The quantitative estimate of drug-likeness (QED) is 0.462. The summed E-state index contributed by atoms with van der Waals surface area (Å²) in [4.78, 5) is 1.70. The van der Waals surface area contributed by atoms with Crippen molar-refractivity contribution in [3.63, 3.8) is 0 Å². The minimum Gasteiger partial charge on any atom is -0.491 e. The van der Waals surface area contributed by atoms with Crippen LogP contribution in [0.15, 0.2) is 47.6 Å². The van der Waals surface area contributed by atoms with Crippen LogP contribution in [0.3, 0.4) is 0 Å². The lowest BCUT2D eigenvalue weighted by molar-refractivity contribution is -0.137. The van der Waals surface area contributed by atoms with E-state index in [0.717, 1.165) is 6.07 Å². The number of hydrogen-bond donors (Lipinski definition) is 1. The summed E-state index contributed by atoms with van der Waals surface area (Å²) in [5, 5.41) is 20.4. The van der Waals surface area contributed by atoms with E-state index in [4.69, 9.17) is 19.9 Å². The minimum atomic E-state index is -4.61. The van der Waals surface area contributed by atoms with E-state index in [0.29, 0.717) is 23.5 Å². The van der Waals surface area contributed by atoms with Crippen molar-refractivity contribution in [1.82, 2.24) is 0 Å². The van der Waals surface area contributed by atoms with Gasteiger partial charge in [0.2, 0.25) is 0 Å². The number of ether oxygens (including phenoxy) is 2. The van der Waals surface area contributed by atoms with Crippen LogP contribution in [0.25, 0.3) is 0 Å². The third kappa shape index (κ3) is 4.78. The second-order valence-electron chi connectivity index (χ2n) is 6.47. The molecule has 9 heteroatoms. The van der Waals surface area contributed by atoms with Crippen molar-refractivity contribution < 1.29 is 27.9 Å². The molecule has 1 fully saturated rings. The van der Waals surface area contributed by atoms with Gasteiger partial charge in [-0.15, -0.1) is 0 Å². The molecule has 3 rings (SSSR count). The fourth-order valence-corrected chi connectivity index (χ4v) is 3.12. The van der Waals surface area contributed by atoms with Gasteiger partial charge >= 0.3 is 6.18 Å². The highest BCUT2D eigenvalue weighted by atomic mass is 19.4. The van der Waals surface area contributed by atoms with Crippen LogP contribution in [0.2, 0.25) is 0 Å². The summed E-state index contributed by atoms with van der Waals surface area (Å²) < 4.78 is 51.1. The van der Waals surface area contributed by atoms with Gasteiger partial charge in [-0.1, -0.05) is 5.16 Å². The van der Waals surface area contributed by atoms with Crippen LogP contribution in [0, 0.1) is 11.3 Å². The number of benzene rings is 2. The Morgan fingerprint density at radius 2 is 2.03 bits per heavy atom.